The van der Waals surface area contributed by atoms with Gasteiger partial charge in [-0.3, -0.25) is 9.78 Å². The van der Waals surface area contributed by atoms with Gasteiger partial charge in [0.25, 0.3) is 5.91 Å². The highest BCUT2D eigenvalue weighted by atomic mass is 19.4. The first-order chi connectivity index (χ1) is 9.39. The fourth-order valence-electron chi connectivity index (χ4n) is 2.53. The molecule has 1 aromatic rings. The number of hydrogen-bond donors (Lipinski definition) is 0. The Morgan fingerprint density at radius 1 is 1.25 bits per heavy atom. The fraction of sp³-hybridized carbons (Fsp3) is 0.571. The molecule has 6 heteroatoms. The molecule has 0 saturated heterocycles. The molecule has 3 nitrogen and oxygen atoms in total. The molecule has 0 aromatic carbocycles. The zero-order valence-corrected chi connectivity index (χ0v) is 11.3. The van der Waals surface area contributed by atoms with E-state index in [-0.39, 0.29) is 17.5 Å². The van der Waals surface area contributed by atoms with Crippen molar-refractivity contribution < 1.29 is 18.0 Å². The topological polar surface area (TPSA) is 33.2 Å². The van der Waals surface area contributed by atoms with Gasteiger partial charge < -0.3 is 4.90 Å². The average Bonchev–Trinajstić information content (AvgIpc) is 2.46. The highest BCUT2D eigenvalue weighted by Crippen LogP contribution is 2.28. The van der Waals surface area contributed by atoms with Gasteiger partial charge in [-0.1, -0.05) is 19.3 Å². The van der Waals surface area contributed by atoms with Crippen LogP contribution in [0, 0.1) is 0 Å². The molecule has 2 rings (SSSR count). The van der Waals surface area contributed by atoms with Crippen LogP contribution in [0.4, 0.5) is 13.2 Å². The number of aromatic nitrogens is 1. The van der Waals surface area contributed by atoms with Crippen LogP contribution in [0.15, 0.2) is 18.3 Å². The molecule has 1 saturated carbocycles. The predicted octanol–water partition coefficient (Wildman–Crippen LogP) is 3.51. The van der Waals surface area contributed by atoms with Crippen LogP contribution in [0.5, 0.6) is 0 Å². The van der Waals surface area contributed by atoms with Crippen LogP contribution < -0.4 is 0 Å². The first-order valence-corrected chi connectivity index (χ1v) is 6.70. The minimum Gasteiger partial charge on any atom is -0.339 e. The van der Waals surface area contributed by atoms with Gasteiger partial charge in [0.2, 0.25) is 0 Å². The summed E-state index contributed by atoms with van der Waals surface area (Å²) in [4.78, 5) is 17.2. The molecule has 1 heterocycles. The average molecular weight is 286 g/mol. The summed E-state index contributed by atoms with van der Waals surface area (Å²) in [6.07, 6.45) is 1.80. The Kier molecular flexibility index (Phi) is 4.30. The quantitative estimate of drug-likeness (QED) is 0.833. The van der Waals surface area contributed by atoms with Crippen LogP contribution in [-0.2, 0) is 6.18 Å². The molecule has 1 aliphatic rings. The van der Waals surface area contributed by atoms with Crippen molar-refractivity contribution in [2.45, 2.75) is 44.3 Å². The summed E-state index contributed by atoms with van der Waals surface area (Å²) in [6, 6.07) is 2.22. The van der Waals surface area contributed by atoms with E-state index in [4.69, 9.17) is 0 Å². The van der Waals surface area contributed by atoms with Gasteiger partial charge in [-0.05, 0) is 25.0 Å². The Hall–Kier alpha value is -1.59. The molecule has 0 bridgehead atoms. The lowest BCUT2D eigenvalue weighted by molar-refractivity contribution is -0.141. The van der Waals surface area contributed by atoms with Crippen molar-refractivity contribution in [3.63, 3.8) is 0 Å². The first kappa shape index (κ1) is 14.8. The number of alkyl halides is 3. The highest BCUT2D eigenvalue weighted by molar-refractivity contribution is 5.93. The molecule has 20 heavy (non-hydrogen) atoms. The van der Waals surface area contributed by atoms with Gasteiger partial charge in [-0.15, -0.1) is 0 Å². The number of amides is 1. The monoisotopic (exact) mass is 286 g/mol. The van der Waals surface area contributed by atoms with Crippen LogP contribution >= 0.6 is 0 Å². The lowest BCUT2D eigenvalue weighted by atomic mass is 9.94. The van der Waals surface area contributed by atoms with E-state index in [9.17, 15) is 18.0 Å². The Labute approximate surface area is 115 Å². The largest absolute Gasteiger partial charge is 0.433 e. The molecule has 0 N–H and O–H groups in total. The van der Waals surface area contributed by atoms with Crippen LogP contribution in [0.2, 0.25) is 0 Å². The molecule has 0 radical (unpaired) electrons. The second-order valence-corrected chi connectivity index (χ2v) is 5.14. The predicted molar refractivity (Wildman–Crippen MR) is 68.2 cm³/mol. The maximum absolute atomic E-state index is 12.4. The molecule has 110 valence electrons. The van der Waals surface area contributed by atoms with Gasteiger partial charge in [-0.2, -0.15) is 13.2 Å². The Bertz CT molecular complexity index is 464. The minimum atomic E-state index is -4.48. The van der Waals surface area contributed by atoms with Crippen molar-refractivity contribution in [1.82, 2.24) is 9.88 Å². The van der Waals surface area contributed by atoms with Crippen molar-refractivity contribution >= 4 is 5.91 Å². The molecule has 0 spiro atoms. The van der Waals surface area contributed by atoms with Crippen LogP contribution in [0.1, 0.15) is 48.2 Å². The second kappa shape index (κ2) is 5.81. The van der Waals surface area contributed by atoms with E-state index in [2.05, 4.69) is 4.98 Å². The third-order valence-corrected chi connectivity index (χ3v) is 3.74. The van der Waals surface area contributed by atoms with Crippen LogP contribution in [0.3, 0.4) is 0 Å². The van der Waals surface area contributed by atoms with Crippen molar-refractivity contribution in [3.8, 4) is 0 Å². The minimum absolute atomic E-state index is 0.179. The summed E-state index contributed by atoms with van der Waals surface area (Å²) in [5.41, 5.74) is -0.777. The van der Waals surface area contributed by atoms with E-state index in [0.29, 0.717) is 0 Å². The zero-order chi connectivity index (χ0) is 14.8. The summed E-state index contributed by atoms with van der Waals surface area (Å²) < 4.78 is 37.2. The van der Waals surface area contributed by atoms with E-state index < -0.39 is 11.9 Å². The number of rotatable bonds is 2. The van der Waals surface area contributed by atoms with Crippen LogP contribution in [0.25, 0.3) is 0 Å². The number of nitrogens with zero attached hydrogens (tertiary/aromatic N) is 2. The summed E-state index contributed by atoms with van der Waals surface area (Å²) in [5.74, 6) is -0.266. The van der Waals surface area contributed by atoms with Gasteiger partial charge in [-0.25, -0.2) is 0 Å². The van der Waals surface area contributed by atoms with Crippen molar-refractivity contribution in [2.75, 3.05) is 7.05 Å². The molecule has 0 unspecified atom stereocenters. The molecule has 0 atom stereocenters. The van der Waals surface area contributed by atoms with Gasteiger partial charge in [0.05, 0.1) is 5.56 Å². The molecule has 1 aromatic heterocycles. The van der Waals surface area contributed by atoms with E-state index in [1.807, 2.05) is 0 Å². The Morgan fingerprint density at radius 3 is 2.40 bits per heavy atom. The van der Waals surface area contributed by atoms with E-state index in [1.54, 1.807) is 11.9 Å². The maximum atomic E-state index is 12.4. The lowest BCUT2D eigenvalue weighted by Gasteiger charge is -2.31. The number of hydrogen-bond acceptors (Lipinski definition) is 2. The Balaban J connectivity index is 2.08. The summed E-state index contributed by atoms with van der Waals surface area (Å²) in [6.45, 7) is 0. The molecular formula is C14H17F3N2O. The maximum Gasteiger partial charge on any atom is 0.433 e. The fourth-order valence-corrected chi connectivity index (χ4v) is 2.53. The van der Waals surface area contributed by atoms with E-state index in [0.717, 1.165) is 37.9 Å². The van der Waals surface area contributed by atoms with E-state index >= 15 is 0 Å². The molecule has 1 aliphatic carbocycles. The first-order valence-electron chi connectivity index (χ1n) is 6.70. The van der Waals surface area contributed by atoms with Crippen molar-refractivity contribution in [1.29, 1.82) is 0 Å². The molecular weight excluding hydrogens is 269 g/mol. The zero-order valence-electron chi connectivity index (χ0n) is 11.3. The third-order valence-electron chi connectivity index (χ3n) is 3.74. The third kappa shape index (κ3) is 3.29. The molecule has 1 amide bonds. The standard InChI is InChI=1S/C14H17F3N2O/c1-19(11-5-3-2-4-6-11)13(20)10-7-8-12(18-9-10)14(15,16)17/h7-9,11H,2-6H2,1H3. The van der Waals surface area contributed by atoms with E-state index in [1.165, 1.54) is 12.5 Å². The normalized spacial score (nSPS) is 17.0. The summed E-state index contributed by atoms with van der Waals surface area (Å²) in [5, 5.41) is 0. The number of carbonyl (C=O) groups is 1. The Morgan fingerprint density at radius 2 is 1.90 bits per heavy atom. The number of carbonyl (C=O) groups excluding carboxylic acids is 1. The SMILES string of the molecule is CN(C(=O)c1ccc(C(F)(F)F)nc1)C1CCCCC1. The summed E-state index contributed by atoms with van der Waals surface area (Å²) >= 11 is 0. The molecule has 0 aliphatic heterocycles. The van der Waals surface area contributed by atoms with Crippen molar-refractivity contribution in [3.05, 3.63) is 29.6 Å². The van der Waals surface area contributed by atoms with Gasteiger partial charge in [0.15, 0.2) is 0 Å². The van der Waals surface area contributed by atoms with Crippen molar-refractivity contribution in [2.24, 2.45) is 0 Å². The van der Waals surface area contributed by atoms with Gasteiger partial charge >= 0.3 is 6.18 Å². The highest BCUT2D eigenvalue weighted by Gasteiger charge is 2.32. The van der Waals surface area contributed by atoms with Crippen LogP contribution in [-0.4, -0.2) is 28.9 Å². The lowest BCUT2D eigenvalue weighted by Crippen LogP contribution is -2.38. The van der Waals surface area contributed by atoms with Gasteiger partial charge in [0, 0.05) is 19.3 Å². The summed E-state index contributed by atoms with van der Waals surface area (Å²) in [7, 11) is 1.70. The smallest absolute Gasteiger partial charge is 0.339 e. The number of pyridine rings is 1. The second-order valence-electron chi connectivity index (χ2n) is 5.14. The molecule has 1 fully saturated rings. The number of halogens is 3. The van der Waals surface area contributed by atoms with Gasteiger partial charge in [0.1, 0.15) is 5.69 Å².